The molecule has 1 aliphatic carbocycles. The molecule has 8 nitrogen and oxygen atoms in total. The monoisotopic (exact) mass is 466 g/mol. The number of aromatic nitrogens is 1. The Hall–Kier alpha value is -3.16. The first-order valence-corrected chi connectivity index (χ1v) is 12.2. The van der Waals surface area contributed by atoms with E-state index in [4.69, 9.17) is 4.42 Å². The smallest absolute Gasteiger partial charge is 0.228 e. The summed E-state index contributed by atoms with van der Waals surface area (Å²) >= 11 is 0. The number of amides is 3. The van der Waals surface area contributed by atoms with E-state index >= 15 is 0 Å². The van der Waals surface area contributed by atoms with Gasteiger partial charge in [-0.1, -0.05) is 25.0 Å². The third-order valence-electron chi connectivity index (χ3n) is 6.86. The summed E-state index contributed by atoms with van der Waals surface area (Å²) in [7, 11) is 0. The number of anilines is 1. The first kappa shape index (κ1) is 24.0. The van der Waals surface area contributed by atoms with Crippen LogP contribution in [0.3, 0.4) is 0 Å². The average Bonchev–Trinajstić information content (AvgIpc) is 3.53. The number of hydrogen-bond acceptors (Lipinski definition) is 5. The minimum atomic E-state index is -0.350. The first-order chi connectivity index (χ1) is 16.3. The Kier molecular flexibility index (Phi) is 7.34. The third kappa shape index (κ3) is 5.48. The molecule has 34 heavy (non-hydrogen) atoms. The quantitative estimate of drug-likeness (QED) is 0.611. The van der Waals surface area contributed by atoms with Crippen LogP contribution in [-0.2, 0) is 20.9 Å². The Morgan fingerprint density at radius 1 is 1.21 bits per heavy atom. The van der Waals surface area contributed by atoms with Gasteiger partial charge >= 0.3 is 0 Å². The largest absolute Gasteiger partial charge is 0.441 e. The van der Waals surface area contributed by atoms with Crippen molar-refractivity contribution in [1.29, 1.82) is 0 Å². The summed E-state index contributed by atoms with van der Waals surface area (Å²) in [5, 5.41) is 5.93. The second-order valence-corrected chi connectivity index (χ2v) is 9.73. The number of nitrogens with one attached hydrogen (secondary N) is 2. The second kappa shape index (κ2) is 10.4. The first-order valence-electron chi connectivity index (χ1n) is 12.2. The van der Waals surface area contributed by atoms with Gasteiger partial charge in [0, 0.05) is 25.4 Å². The predicted octanol–water partition coefficient (Wildman–Crippen LogP) is 4.04. The van der Waals surface area contributed by atoms with Gasteiger partial charge in [0.15, 0.2) is 0 Å². The van der Waals surface area contributed by atoms with Gasteiger partial charge in [-0.2, -0.15) is 0 Å². The fourth-order valence-corrected chi connectivity index (χ4v) is 4.89. The number of likely N-dealkylation sites (tertiary alicyclic amines) is 1. The van der Waals surface area contributed by atoms with Crippen LogP contribution in [0.15, 0.2) is 28.7 Å². The normalized spacial score (nSPS) is 18.6. The van der Waals surface area contributed by atoms with E-state index in [2.05, 4.69) is 15.6 Å². The lowest BCUT2D eigenvalue weighted by Crippen LogP contribution is -2.35. The van der Waals surface area contributed by atoms with Crippen LogP contribution in [-0.4, -0.2) is 40.2 Å². The highest BCUT2D eigenvalue weighted by atomic mass is 16.4. The van der Waals surface area contributed by atoms with Crippen molar-refractivity contribution >= 4 is 23.4 Å². The Labute approximate surface area is 200 Å². The van der Waals surface area contributed by atoms with Gasteiger partial charge in [0.05, 0.1) is 23.7 Å². The number of benzene rings is 1. The number of oxazole rings is 1. The highest BCUT2D eigenvalue weighted by Crippen LogP contribution is 2.31. The van der Waals surface area contributed by atoms with Crippen LogP contribution in [0.1, 0.15) is 63.8 Å². The molecule has 0 radical (unpaired) electrons. The minimum absolute atomic E-state index is 0.0108. The molecule has 182 valence electrons. The molecule has 0 bridgehead atoms. The average molecular weight is 467 g/mol. The second-order valence-electron chi connectivity index (χ2n) is 9.73. The third-order valence-corrected chi connectivity index (χ3v) is 6.86. The van der Waals surface area contributed by atoms with Crippen LogP contribution in [0.25, 0.3) is 11.5 Å². The molecule has 2 fully saturated rings. The molecular formula is C26H34N4O4. The van der Waals surface area contributed by atoms with E-state index in [1.807, 2.05) is 38.1 Å². The molecule has 1 atom stereocenters. The molecule has 1 aromatic carbocycles. The van der Waals surface area contributed by atoms with Crippen molar-refractivity contribution in [2.45, 2.75) is 71.9 Å². The van der Waals surface area contributed by atoms with E-state index in [0.717, 1.165) is 12.8 Å². The molecule has 1 saturated carbocycles. The fraction of sp³-hybridized carbons (Fsp3) is 0.538. The van der Waals surface area contributed by atoms with Crippen LogP contribution in [0.4, 0.5) is 5.69 Å². The molecule has 3 amide bonds. The standard InChI is InChI=1S/C26H34N4O4/c1-16(2)30-15-19(13-24(30)32)25(33)27-14-22-17(3)34-26(29-22)20-10-6-7-11-21(20)28-23(31)12-18-8-4-5-9-18/h6-7,10-11,16,18-19H,4-5,8-9,12-15H2,1-3H3,(H,27,33)(H,28,31). The highest BCUT2D eigenvalue weighted by Gasteiger charge is 2.35. The van der Waals surface area contributed by atoms with Crippen molar-refractivity contribution in [2.75, 3.05) is 11.9 Å². The summed E-state index contributed by atoms with van der Waals surface area (Å²) in [5.74, 6) is 0.999. The molecule has 1 aliphatic heterocycles. The molecule has 2 aliphatic rings. The summed E-state index contributed by atoms with van der Waals surface area (Å²) in [6.07, 6.45) is 5.42. The minimum Gasteiger partial charge on any atom is -0.441 e. The number of rotatable bonds is 8. The Balaban J connectivity index is 1.40. The topological polar surface area (TPSA) is 105 Å². The van der Waals surface area contributed by atoms with Crippen molar-refractivity contribution in [3.8, 4) is 11.5 Å². The number of para-hydroxylation sites is 1. The molecule has 0 spiro atoms. The van der Waals surface area contributed by atoms with E-state index in [1.165, 1.54) is 12.8 Å². The molecule has 2 N–H and O–H groups in total. The van der Waals surface area contributed by atoms with Gasteiger partial charge in [-0.3, -0.25) is 14.4 Å². The van der Waals surface area contributed by atoms with Crippen molar-refractivity contribution in [1.82, 2.24) is 15.2 Å². The highest BCUT2D eigenvalue weighted by molar-refractivity contribution is 5.94. The molecule has 1 saturated heterocycles. The molecule has 1 unspecified atom stereocenters. The van der Waals surface area contributed by atoms with Crippen LogP contribution < -0.4 is 10.6 Å². The number of carbonyl (C=O) groups is 3. The summed E-state index contributed by atoms with van der Waals surface area (Å²) in [6.45, 7) is 6.37. The molecule has 1 aromatic heterocycles. The van der Waals surface area contributed by atoms with Crippen molar-refractivity contribution in [2.24, 2.45) is 11.8 Å². The SMILES string of the molecule is Cc1oc(-c2ccccc2NC(=O)CC2CCCC2)nc1CNC(=O)C1CC(=O)N(C(C)C)C1. The molecule has 4 rings (SSSR count). The lowest BCUT2D eigenvalue weighted by molar-refractivity contribution is -0.130. The fourth-order valence-electron chi connectivity index (χ4n) is 4.89. The zero-order valence-electron chi connectivity index (χ0n) is 20.2. The number of aryl methyl sites for hydroxylation is 1. The van der Waals surface area contributed by atoms with E-state index in [-0.39, 0.29) is 42.6 Å². The van der Waals surface area contributed by atoms with Gasteiger partial charge in [-0.15, -0.1) is 0 Å². The zero-order chi connectivity index (χ0) is 24.2. The number of nitrogens with zero attached hydrogens (tertiary/aromatic N) is 2. The zero-order valence-corrected chi connectivity index (χ0v) is 20.2. The lowest BCUT2D eigenvalue weighted by atomic mass is 10.0. The van der Waals surface area contributed by atoms with Crippen molar-refractivity contribution in [3.05, 3.63) is 35.7 Å². The van der Waals surface area contributed by atoms with Crippen molar-refractivity contribution < 1.29 is 18.8 Å². The maximum atomic E-state index is 12.6. The summed E-state index contributed by atoms with van der Waals surface area (Å²) < 4.78 is 5.90. The van der Waals surface area contributed by atoms with Gasteiger partial charge in [-0.25, -0.2) is 4.98 Å². The Morgan fingerprint density at radius 2 is 1.94 bits per heavy atom. The molecular weight excluding hydrogens is 432 g/mol. The van der Waals surface area contributed by atoms with E-state index in [1.54, 1.807) is 11.8 Å². The van der Waals surface area contributed by atoms with Gasteiger partial charge in [-0.05, 0) is 51.7 Å². The number of carbonyl (C=O) groups excluding carboxylic acids is 3. The predicted molar refractivity (Wildman–Crippen MR) is 129 cm³/mol. The van der Waals surface area contributed by atoms with Crippen LogP contribution in [0.2, 0.25) is 0 Å². The Bertz CT molecular complexity index is 1050. The molecule has 2 aromatic rings. The summed E-state index contributed by atoms with van der Waals surface area (Å²) in [6, 6.07) is 7.55. The summed E-state index contributed by atoms with van der Waals surface area (Å²) in [5.41, 5.74) is 2.00. The maximum absolute atomic E-state index is 12.6. The Morgan fingerprint density at radius 3 is 2.65 bits per heavy atom. The van der Waals surface area contributed by atoms with Gasteiger partial charge < -0.3 is 20.0 Å². The molecule has 8 heteroatoms. The van der Waals surface area contributed by atoms with Gasteiger partial charge in [0.25, 0.3) is 0 Å². The van der Waals surface area contributed by atoms with E-state index < -0.39 is 0 Å². The van der Waals surface area contributed by atoms with E-state index in [0.29, 0.717) is 47.5 Å². The van der Waals surface area contributed by atoms with Crippen molar-refractivity contribution in [3.63, 3.8) is 0 Å². The van der Waals surface area contributed by atoms with Crippen LogP contribution >= 0.6 is 0 Å². The molecule has 2 heterocycles. The van der Waals surface area contributed by atoms with Crippen LogP contribution in [0, 0.1) is 18.8 Å². The summed E-state index contributed by atoms with van der Waals surface area (Å²) in [4.78, 5) is 43.7. The van der Waals surface area contributed by atoms with Crippen LogP contribution in [0.5, 0.6) is 0 Å². The maximum Gasteiger partial charge on any atom is 0.228 e. The number of hydrogen-bond donors (Lipinski definition) is 2. The lowest BCUT2D eigenvalue weighted by Gasteiger charge is -2.20. The van der Waals surface area contributed by atoms with Gasteiger partial charge in [0.1, 0.15) is 11.5 Å². The van der Waals surface area contributed by atoms with Gasteiger partial charge in [0.2, 0.25) is 23.6 Å². The van der Waals surface area contributed by atoms with E-state index in [9.17, 15) is 14.4 Å².